The van der Waals surface area contributed by atoms with Crippen molar-refractivity contribution in [1.29, 1.82) is 0 Å². The first-order valence-corrected chi connectivity index (χ1v) is 10.8. The summed E-state index contributed by atoms with van der Waals surface area (Å²) >= 11 is 8.26. The Labute approximate surface area is 197 Å². The first kappa shape index (κ1) is 23.0. The van der Waals surface area contributed by atoms with E-state index in [-0.39, 0.29) is 27.9 Å². The minimum Gasteiger partial charge on any atom is -0.493 e. The summed E-state index contributed by atoms with van der Waals surface area (Å²) < 4.78 is 17.3. The van der Waals surface area contributed by atoms with E-state index in [0.29, 0.717) is 23.7 Å². The van der Waals surface area contributed by atoms with Crippen molar-refractivity contribution in [3.63, 3.8) is 0 Å². The van der Waals surface area contributed by atoms with Crippen molar-refractivity contribution in [1.82, 2.24) is 0 Å². The van der Waals surface area contributed by atoms with Gasteiger partial charge in [-0.1, -0.05) is 24.9 Å². The Hall–Kier alpha value is -2.66. The number of carbonyl (C=O) groups excluding carboxylic acids is 1. The van der Waals surface area contributed by atoms with E-state index in [9.17, 15) is 14.9 Å². The van der Waals surface area contributed by atoms with Crippen LogP contribution in [0, 0.1) is 13.7 Å². The molecule has 8 nitrogen and oxygen atoms in total. The molecule has 1 aliphatic heterocycles. The summed E-state index contributed by atoms with van der Waals surface area (Å²) in [4.78, 5) is 26.8. The van der Waals surface area contributed by atoms with Crippen LogP contribution in [-0.2, 0) is 9.53 Å². The number of ether oxygens (including phenoxy) is 3. The number of cyclic esters (lactones) is 1. The van der Waals surface area contributed by atoms with E-state index in [1.165, 1.54) is 18.2 Å². The number of nitro benzene ring substituents is 1. The molecule has 0 radical (unpaired) electrons. The predicted octanol–water partition coefficient (Wildman–Crippen LogP) is 5.38. The number of nitro groups is 1. The number of non-ortho nitro benzene ring substituents is 1. The molecule has 2 aromatic carbocycles. The maximum absolute atomic E-state index is 12.3. The van der Waals surface area contributed by atoms with Gasteiger partial charge in [-0.25, -0.2) is 9.79 Å². The minimum absolute atomic E-state index is 0.0164. The van der Waals surface area contributed by atoms with Crippen molar-refractivity contribution in [2.45, 2.75) is 19.8 Å². The molecule has 2 aromatic rings. The molecule has 0 bridgehead atoms. The molecule has 0 aromatic heterocycles. The van der Waals surface area contributed by atoms with Crippen LogP contribution in [-0.4, -0.2) is 30.5 Å². The number of hydrogen-bond donors (Lipinski definition) is 0. The molecule has 0 N–H and O–H groups in total. The van der Waals surface area contributed by atoms with E-state index in [4.69, 9.17) is 25.8 Å². The van der Waals surface area contributed by atoms with E-state index in [0.717, 1.165) is 16.4 Å². The molecule has 0 spiro atoms. The highest BCUT2D eigenvalue weighted by atomic mass is 127. The Morgan fingerprint density at radius 3 is 2.74 bits per heavy atom. The van der Waals surface area contributed by atoms with Gasteiger partial charge in [0.1, 0.15) is 0 Å². The third kappa shape index (κ3) is 5.34. The van der Waals surface area contributed by atoms with E-state index < -0.39 is 10.9 Å². The zero-order chi connectivity index (χ0) is 22.5. The zero-order valence-electron chi connectivity index (χ0n) is 16.7. The maximum atomic E-state index is 12.3. The fourth-order valence-electron chi connectivity index (χ4n) is 2.76. The molecule has 3 rings (SSSR count). The summed E-state index contributed by atoms with van der Waals surface area (Å²) in [7, 11) is 1.55. The molecule has 0 saturated heterocycles. The zero-order valence-corrected chi connectivity index (χ0v) is 19.6. The van der Waals surface area contributed by atoms with Gasteiger partial charge >= 0.3 is 5.97 Å². The Morgan fingerprint density at radius 2 is 2.10 bits per heavy atom. The van der Waals surface area contributed by atoms with E-state index >= 15 is 0 Å². The van der Waals surface area contributed by atoms with Gasteiger partial charge in [0, 0.05) is 12.1 Å². The molecular weight excluding hydrogens is 539 g/mol. The molecule has 0 amide bonds. The number of hydrogen-bond acceptors (Lipinski definition) is 7. The van der Waals surface area contributed by atoms with Gasteiger partial charge in [0.05, 0.1) is 32.8 Å². The van der Waals surface area contributed by atoms with Crippen molar-refractivity contribution in [2.75, 3.05) is 13.7 Å². The number of unbranched alkanes of at least 4 members (excludes halogenated alkanes) is 1. The summed E-state index contributed by atoms with van der Waals surface area (Å²) in [6.45, 7) is 2.67. The number of halogens is 2. The number of benzene rings is 2. The first-order valence-electron chi connectivity index (χ1n) is 9.31. The van der Waals surface area contributed by atoms with Crippen LogP contribution in [0.15, 0.2) is 41.0 Å². The van der Waals surface area contributed by atoms with Crippen LogP contribution in [0.5, 0.6) is 11.5 Å². The van der Waals surface area contributed by atoms with Crippen LogP contribution >= 0.6 is 34.2 Å². The molecule has 31 heavy (non-hydrogen) atoms. The van der Waals surface area contributed by atoms with E-state index in [1.54, 1.807) is 19.3 Å². The topological polar surface area (TPSA) is 100 Å². The van der Waals surface area contributed by atoms with Crippen molar-refractivity contribution < 1.29 is 23.9 Å². The van der Waals surface area contributed by atoms with Crippen LogP contribution in [0.4, 0.5) is 5.69 Å². The molecule has 0 atom stereocenters. The predicted molar refractivity (Wildman–Crippen MR) is 125 cm³/mol. The van der Waals surface area contributed by atoms with Crippen molar-refractivity contribution in [3.05, 3.63) is 65.9 Å². The Morgan fingerprint density at radius 1 is 1.32 bits per heavy atom. The highest BCUT2D eigenvalue weighted by Gasteiger charge is 2.27. The normalized spacial score (nSPS) is 14.4. The van der Waals surface area contributed by atoms with E-state index in [2.05, 4.69) is 34.5 Å². The smallest absolute Gasteiger partial charge is 0.363 e. The van der Waals surface area contributed by atoms with E-state index in [1.807, 2.05) is 6.07 Å². The highest BCUT2D eigenvalue weighted by molar-refractivity contribution is 14.1. The van der Waals surface area contributed by atoms with Gasteiger partial charge in [0.15, 0.2) is 17.2 Å². The summed E-state index contributed by atoms with van der Waals surface area (Å²) in [5.74, 6) is 0.525. The number of aliphatic imine (C=N–C) groups is 1. The Kier molecular flexibility index (Phi) is 7.50. The lowest BCUT2D eigenvalue weighted by Crippen LogP contribution is -2.06. The number of esters is 1. The molecule has 0 saturated carbocycles. The fourth-order valence-corrected chi connectivity index (χ4v) is 3.79. The van der Waals surface area contributed by atoms with Crippen LogP contribution in [0.3, 0.4) is 0 Å². The lowest BCUT2D eigenvalue weighted by molar-refractivity contribution is -0.384. The summed E-state index contributed by atoms with van der Waals surface area (Å²) in [5.41, 5.74) is 0.867. The molecule has 0 fully saturated rings. The largest absolute Gasteiger partial charge is 0.493 e. The number of methoxy groups -OCH3 is 1. The average molecular weight is 557 g/mol. The number of rotatable bonds is 8. The number of nitrogens with zero attached hydrogens (tertiary/aromatic N) is 2. The second kappa shape index (κ2) is 10.1. The van der Waals surface area contributed by atoms with Crippen molar-refractivity contribution >= 4 is 57.8 Å². The maximum Gasteiger partial charge on any atom is 0.363 e. The second-order valence-electron chi connectivity index (χ2n) is 6.49. The van der Waals surface area contributed by atoms with Crippen LogP contribution in [0.1, 0.15) is 30.9 Å². The molecular formula is C21H18ClIN2O6. The van der Waals surface area contributed by atoms with Gasteiger partial charge in [-0.3, -0.25) is 10.1 Å². The van der Waals surface area contributed by atoms with Gasteiger partial charge in [-0.2, -0.15) is 0 Å². The lowest BCUT2D eigenvalue weighted by Gasteiger charge is -2.13. The monoisotopic (exact) mass is 556 g/mol. The Balaban J connectivity index is 1.91. The molecule has 10 heteroatoms. The van der Waals surface area contributed by atoms with Gasteiger partial charge in [0.25, 0.3) is 5.69 Å². The quantitative estimate of drug-likeness (QED) is 0.108. The van der Waals surface area contributed by atoms with Crippen LogP contribution in [0.25, 0.3) is 6.08 Å². The third-order valence-corrected chi connectivity index (χ3v) is 5.43. The molecule has 0 unspecified atom stereocenters. The van der Waals surface area contributed by atoms with Crippen molar-refractivity contribution in [3.8, 4) is 11.5 Å². The SMILES string of the molecule is CCCCOc1c(I)cc(/C=C2\N=C(c3ccc([N+](=O)[O-])cc3Cl)OC2=O)cc1OC. The second-order valence-corrected chi connectivity index (χ2v) is 8.06. The molecule has 162 valence electrons. The van der Waals surface area contributed by atoms with Gasteiger partial charge < -0.3 is 14.2 Å². The Bertz CT molecular complexity index is 1100. The van der Waals surface area contributed by atoms with Gasteiger partial charge in [-0.05, 0) is 58.9 Å². The summed E-state index contributed by atoms with van der Waals surface area (Å²) in [6.07, 6.45) is 3.51. The number of carbonyl (C=O) groups is 1. The van der Waals surface area contributed by atoms with Crippen LogP contribution < -0.4 is 9.47 Å². The third-order valence-electron chi connectivity index (χ3n) is 4.31. The first-order chi connectivity index (χ1) is 14.8. The molecule has 1 aliphatic rings. The molecule has 1 heterocycles. The average Bonchev–Trinajstić information content (AvgIpc) is 3.09. The molecule has 0 aliphatic carbocycles. The van der Waals surface area contributed by atoms with Gasteiger partial charge in [0.2, 0.25) is 5.90 Å². The fraction of sp³-hybridized carbons (Fsp3) is 0.238. The van der Waals surface area contributed by atoms with Gasteiger partial charge in [-0.15, -0.1) is 0 Å². The lowest BCUT2D eigenvalue weighted by atomic mass is 10.1. The van der Waals surface area contributed by atoms with Crippen molar-refractivity contribution in [2.24, 2.45) is 4.99 Å². The highest BCUT2D eigenvalue weighted by Crippen LogP contribution is 2.35. The van der Waals surface area contributed by atoms with Crippen LogP contribution in [0.2, 0.25) is 5.02 Å². The summed E-state index contributed by atoms with van der Waals surface area (Å²) in [6, 6.07) is 7.43. The summed E-state index contributed by atoms with van der Waals surface area (Å²) in [5, 5.41) is 10.9. The minimum atomic E-state index is -0.651. The standard InChI is InChI=1S/C21H18ClIN2O6/c1-3-4-7-30-19-16(23)8-12(10-18(19)29-2)9-17-21(26)31-20(24-17)14-6-5-13(25(27)28)11-15(14)22/h5-6,8-11H,3-4,7H2,1-2H3/b17-9-.